The Morgan fingerprint density at radius 2 is 2.11 bits per heavy atom. The molecule has 0 bridgehead atoms. The summed E-state index contributed by atoms with van der Waals surface area (Å²) < 4.78 is 0. The lowest BCUT2D eigenvalue weighted by Crippen LogP contribution is -2.11. The average Bonchev–Trinajstić information content (AvgIpc) is 2.72. The summed E-state index contributed by atoms with van der Waals surface area (Å²) in [6, 6.07) is 8.70. The number of nitrogens with two attached hydrogens (primary N) is 1. The van der Waals surface area contributed by atoms with Gasteiger partial charge in [-0.05, 0) is 43.7 Å². The van der Waals surface area contributed by atoms with Crippen molar-refractivity contribution in [2.45, 2.75) is 13.8 Å². The minimum atomic E-state index is -0.206. The number of aryl methyl sites for hydroxylation is 2. The molecule has 0 fully saturated rings. The van der Waals surface area contributed by atoms with Crippen molar-refractivity contribution in [3.63, 3.8) is 0 Å². The van der Waals surface area contributed by atoms with Crippen molar-refractivity contribution < 1.29 is 4.79 Å². The number of carbonyl (C=O) groups excluding carboxylic acids is 1. The van der Waals surface area contributed by atoms with Crippen LogP contribution in [0.1, 0.15) is 25.7 Å². The molecule has 0 spiro atoms. The predicted octanol–water partition coefficient (Wildman–Crippen LogP) is 3.07. The molecule has 0 aliphatic carbocycles. The fourth-order valence-electron chi connectivity index (χ4n) is 1.63. The van der Waals surface area contributed by atoms with E-state index in [2.05, 4.69) is 5.32 Å². The summed E-state index contributed by atoms with van der Waals surface area (Å²) in [7, 11) is 0. The van der Waals surface area contributed by atoms with Gasteiger partial charge in [-0.15, -0.1) is 11.3 Å². The fourth-order valence-corrected chi connectivity index (χ4v) is 2.56. The van der Waals surface area contributed by atoms with Crippen molar-refractivity contribution in [2.24, 2.45) is 0 Å². The van der Waals surface area contributed by atoms with E-state index in [0.717, 1.165) is 10.4 Å². The Morgan fingerprint density at radius 3 is 2.68 bits per heavy atom. The Bertz CT molecular complexity index is 663. The van der Waals surface area contributed by atoms with Crippen molar-refractivity contribution >= 4 is 28.6 Å². The van der Waals surface area contributed by atoms with E-state index >= 15 is 0 Å². The first-order valence-corrected chi connectivity index (χ1v) is 6.51. The summed E-state index contributed by atoms with van der Waals surface area (Å²) in [6.07, 6.45) is 0. The third-order valence-corrected chi connectivity index (χ3v) is 3.95. The van der Waals surface area contributed by atoms with E-state index in [1.807, 2.05) is 26.0 Å². The van der Waals surface area contributed by atoms with E-state index in [1.165, 1.54) is 11.3 Å². The van der Waals surface area contributed by atoms with E-state index < -0.39 is 0 Å². The van der Waals surface area contributed by atoms with Gasteiger partial charge in [0.2, 0.25) is 0 Å². The predicted molar refractivity (Wildman–Crippen MR) is 77.3 cm³/mol. The van der Waals surface area contributed by atoms with Crippen LogP contribution in [0, 0.1) is 25.2 Å². The molecule has 19 heavy (non-hydrogen) atoms. The third-order valence-electron chi connectivity index (χ3n) is 2.80. The molecule has 96 valence electrons. The first kappa shape index (κ1) is 13.1. The molecule has 1 amide bonds. The number of nitrogen functional groups attached to an aromatic ring is 1. The number of benzene rings is 1. The summed E-state index contributed by atoms with van der Waals surface area (Å²) in [5.74, 6) is -0.206. The fraction of sp³-hybridized carbons (Fsp3) is 0.143. The smallest absolute Gasteiger partial charge is 0.265 e. The van der Waals surface area contributed by atoms with Gasteiger partial charge >= 0.3 is 0 Å². The number of thiophene rings is 1. The molecule has 0 atom stereocenters. The number of nitrogens with one attached hydrogen (secondary N) is 1. The zero-order chi connectivity index (χ0) is 14.0. The second-order valence-electron chi connectivity index (χ2n) is 4.22. The molecule has 5 heteroatoms. The Morgan fingerprint density at radius 1 is 1.37 bits per heavy atom. The van der Waals surface area contributed by atoms with Gasteiger partial charge in [0.15, 0.2) is 0 Å². The number of carbonyl (C=O) groups is 1. The van der Waals surface area contributed by atoms with Crippen LogP contribution in [-0.2, 0) is 0 Å². The SMILES string of the molecule is Cc1cc(C(=O)Nc2ccc(N)cc2C#N)sc1C. The molecule has 0 aliphatic rings. The van der Waals surface area contributed by atoms with Gasteiger partial charge in [-0.1, -0.05) is 0 Å². The number of hydrogen-bond acceptors (Lipinski definition) is 4. The number of anilines is 2. The highest BCUT2D eigenvalue weighted by molar-refractivity contribution is 7.14. The molecule has 0 aliphatic heterocycles. The molecule has 1 aromatic carbocycles. The summed E-state index contributed by atoms with van der Waals surface area (Å²) in [5.41, 5.74) is 8.03. The quantitative estimate of drug-likeness (QED) is 0.824. The van der Waals surface area contributed by atoms with Crippen LogP contribution in [0.2, 0.25) is 0 Å². The zero-order valence-corrected chi connectivity index (χ0v) is 11.5. The molecule has 3 N–H and O–H groups in total. The lowest BCUT2D eigenvalue weighted by atomic mass is 10.1. The van der Waals surface area contributed by atoms with Crippen molar-refractivity contribution in [1.29, 1.82) is 5.26 Å². The summed E-state index contributed by atoms with van der Waals surface area (Å²) in [5, 5.41) is 11.8. The van der Waals surface area contributed by atoms with Gasteiger partial charge in [-0.2, -0.15) is 5.26 Å². The van der Waals surface area contributed by atoms with Gasteiger partial charge in [0.25, 0.3) is 5.91 Å². The van der Waals surface area contributed by atoms with Crippen LogP contribution in [0.15, 0.2) is 24.3 Å². The van der Waals surface area contributed by atoms with Crippen molar-refractivity contribution in [3.8, 4) is 6.07 Å². The van der Waals surface area contributed by atoms with E-state index in [0.29, 0.717) is 21.8 Å². The molecule has 0 unspecified atom stereocenters. The van der Waals surface area contributed by atoms with Crippen molar-refractivity contribution in [1.82, 2.24) is 0 Å². The van der Waals surface area contributed by atoms with Gasteiger partial charge in [-0.3, -0.25) is 4.79 Å². The Balaban J connectivity index is 2.27. The molecule has 4 nitrogen and oxygen atoms in total. The maximum Gasteiger partial charge on any atom is 0.265 e. The Hall–Kier alpha value is -2.32. The highest BCUT2D eigenvalue weighted by Gasteiger charge is 2.12. The standard InChI is InChI=1S/C14H13N3OS/c1-8-5-13(19-9(8)2)14(18)17-12-4-3-11(16)6-10(12)7-15/h3-6H,16H2,1-2H3,(H,17,18). The van der Waals surface area contributed by atoms with Crippen LogP contribution in [0.3, 0.4) is 0 Å². The Kier molecular flexibility index (Phi) is 3.54. The normalized spacial score (nSPS) is 9.95. The third kappa shape index (κ3) is 2.75. The van der Waals surface area contributed by atoms with Crippen LogP contribution in [0.25, 0.3) is 0 Å². The largest absolute Gasteiger partial charge is 0.399 e. The number of hydrogen-bond donors (Lipinski definition) is 2. The van der Waals surface area contributed by atoms with Gasteiger partial charge in [0.1, 0.15) is 6.07 Å². The molecule has 2 aromatic rings. The zero-order valence-electron chi connectivity index (χ0n) is 10.7. The monoisotopic (exact) mass is 271 g/mol. The second-order valence-corrected chi connectivity index (χ2v) is 5.48. The van der Waals surface area contributed by atoms with E-state index in [1.54, 1.807) is 18.2 Å². The highest BCUT2D eigenvalue weighted by atomic mass is 32.1. The minimum Gasteiger partial charge on any atom is -0.399 e. The maximum atomic E-state index is 12.1. The van der Waals surface area contributed by atoms with Crippen molar-refractivity contribution in [2.75, 3.05) is 11.1 Å². The first-order chi connectivity index (χ1) is 9.01. The Labute approximate surface area is 115 Å². The average molecular weight is 271 g/mol. The second kappa shape index (κ2) is 5.12. The van der Waals surface area contributed by atoms with Crippen LogP contribution < -0.4 is 11.1 Å². The topological polar surface area (TPSA) is 78.9 Å². The van der Waals surface area contributed by atoms with Crippen molar-refractivity contribution in [3.05, 3.63) is 45.1 Å². The maximum absolute atomic E-state index is 12.1. The van der Waals surface area contributed by atoms with Gasteiger partial charge in [0.05, 0.1) is 16.1 Å². The highest BCUT2D eigenvalue weighted by Crippen LogP contribution is 2.23. The van der Waals surface area contributed by atoms with Crippen LogP contribution in [-0.4, -0.2) is 5.91 Å². The molecule has 0 saturated heterocycles. The number of nitriles is 1. The van der Waals surface area contributed by atoms with Gasteiger partial charge in [-0.25, -0.2) is 0 Å². The number of nitrogens with zero attached hydrogens (tertiary/aromatic N) is 1. The van der Waals surface area contributed by atoms with E-state index in [9.17, 15) is 4.79 Å². The molecule has 1 heterocycles. The summed E-state index contributed by atoms with van der Waals surface area (Å²) in [6.45, 7) is 3.94. The van der Waals surface area contributed by atoms with Gasteiger partial charge < -0.3 is 11.1 Å². The molecular formula is C14H13N3OS. The molecule has 0 radical (unpaired) electrons. The van der Waals surface area contributed by atoms with Gasteiger partial charge in [0, 0.05) is 10.6 Å². The lowest BCUT2D eigenvalue weighted by Gasteiger charge is -2.06. The molecule has 2 rings (SSSR count). The molecular weight excluding hydrogens is 258 g/mol. The summed E-state index contributed by atoms with van der Waals surface area (Å²) >= 11 is 1.44. The van der Waals surface area contributed by atoms with Crippen LogP contribution >= 0.6 is 11.3 Å². The van der Waals surface area contributed by atoms with E-state index in [4.69, 9.17) is 11.0 Å². The first-order valence-electron chi connectivity index (χ1n) is 5.69. The minimum absolute atomic E-state index is 0.206. The molecule has 1 aromatic heterocycles. The van der Waals surface area contributed by atoms with E-state index in [-0.39, 0.29) is 5.91 Å². The lowest BCUT2D eigenvalue weighted by molar-refractivity contribution is 0.103. The summed E-state index contributed by atoms with van der Waals surface area (Å²) in [4.78, 5) is 13.8. The van der Waals surface area contributed by atoms with Crippen LogP contribution in [0.4, 0.5) is 11.4 Å². The number of amides is 1. The van der Waals surface area contributed by atoms with Crippen LogP contribution in [0.5, 0.6) is 0 Å². The molecule has 0 saturated carbocycles. The number of rotatable bonds is 2.